The van der Waals surface area contributed by atoms with E-state index < -0.39 is 9.84 Å². The van der Waals surface area contributed by atoms with E-state index in [9.17, 15) is 8.42 Å². The minimum atomic E-state index is -3.20. The van der Waals surface area contributed by atoms with Crippen molar-refractivity contribution in [2.45, 2.75) is 11.8 Å². The largest absolute Gasteiger partial charge is 0.314 e. The van der Waals surface area contributed by atoms with E-state index in [1.54, 1.807) is 12.1 Å². The molecule has 4 heteroatoms. The van der Waals surface area contributed by atoms with Gasteiger partial charge in [0.05, 0.1) is 10.6 Å². The van der Waals surface area contributed by atoms with Crippen molar-refractivity contribution < 1.29 is 8.42 Å². The van der Waals surface area contributed by atoms with Gasteiger partial charge in [-0.25, -0.2) is 8.42 Å². The van der Waals surface area contributed by atoms with Crippen molar-refractivity contribution in [3.05, 3.63) is 96.7 Å². The van der Waals surface area contributed by atoms with Crippen molar-refractivity contribution in [1.82, 2.24) is 4.57 Å². The van der Waals surface area contributed by atoms with Crippen LogP contribution >= 0.6 is 0 Å². The lowest BCUT2D eigenvalue weighted by molar-refractivity contribution is 0.602. The van der Waals surface area contributed by atoms with E-state index in [1.165, 1.54) is 17.4 Å². The highest BCUT2D eigenvalue weighted by molar-refractivity contribution is 7.90. The van der Waals surface area contributed by atoms with Crippen LogP contribution in [0.15, 0.2) is 95.9 Å². The van der Waals surface area contributed by atoms with Crippen LogP contribution in [0.5, 0.6) is 0 Å². The van der Waals surface area contributed by atoms with E-state index in [-0.39, 0.29) is 0 Å². The number of rotatable bonds is 4. The average Bonchev–Trinajstić information content (AvgIpc) is 3.10. The summed E-state index contributed by atoms with van der Waals surface area (Å²) in [6.45, 7) is 2.07. The lowest BCUT2D eigenvalue weighted by Gasteiger charge is -2.13. The Bertz CT molecular complexity index is 1200. The zero-order valence-corrected chi connectivity index (χ0v) is 16.6. The van der Waals surface area contributed by atoms with Crippen LogP contribution in [-0.4, -0.2) is 19.2 Å². The van der Waals surface area contributed by atoms with Gasteiger partial charge in [-0.15, -0.1) is 0 Å². The fourth-order valence-electron chi connectivity index (χ4n) is 3.41. The average molecular weight is 388 g/mol. The molecule has 0 N–H and O–H groups in total. The number of sulfone groups is 1. The van der Waals surface area contributed by atoms with Crippen molar-refractivity contribution in [3.8, 4) is 28.1 Å². The normalized spacial score (nSPS) is 11.5. The molecule has 28 heavy (non-hydrogen) atoms. The Kier molecular flexibility index (Phi) is 4.65. The minimum Gasteiger partial charge on any atom is -0.314 e. The van der Waals surface area contributed by atoms with Crippen LogP contribution < -0.4 is 0 Å². The van der Waals surface area contributed by atoms with Crippen molar-refractivity contribution in [2.75, 3.05) is 6.26 Å². The van der Waals surface area contributed by atoms with Crippen LogP contribution in [0.1, 0.15) is 5.69 Å². The Labute approximate surface area is 165 Å². The summed E-state index contributed by atoms with van der Waals surface area (Å²) in [6, 6.07) is 30.0. The number of aryl methyl sites for hydroxylation is 1. The van der Waals surface area contributed by atoms with E-state index in [1.807, 2.05) is 30.3 Å². The predicted molar refractivity (Wildman–Crippen MR) is 114 cm³/mol. The maximum absolute atomic E-state index is 11.7. The third-order valence-electron chi connectivity index (χ3n) is 4.89. The highest BCUT2D eigenvalue weighted by Gasteiger charge is 2.12. The molecule has 0 amide bonds. The topological polar surface area (TPSA) is 39.1 Å². The molecular formula is C24H21NO2S. The van der Waals surface area contributed by atoms with Gasteiger partial charge in [0.15, 0.2) is 9.84 Å². The van der Waals surface area contributed by atoms with Gasteiger partial charge >= 0.3 is 0 Å². The second kappa shape index (κ2) is 7.13. The van der Waals surface area contributed by atoms with Crippen molar-refractivity contribution >= 4 is 9.84 Å². The highest BCUT2D eigenvalue weighted by atomic mass is 32.2. The monoisotopic (exact) mass is 387 g/mol. The smallest absolute Gasteiger partial charge is 0.175 e. The van der Waals surface area contributed by atoms with Gasteiger partial charge in [0.25, 0.3) is 0 Å². The lowest BCUT2D eigenvalue weighted by Crippen LogP contribution is -2.00. The number of hydrogen-bond donors (Lipinski definition) is 0. The van der Waals surface area contributed by atoms with Gasteiger partial charge in [-0.1, -0.05) is 54.6 Å². The quantitative estimate of drug-likeness (QED) is 0.462. The van der Waals surface area contributed by atoms with Crippen LogP contribution in [-0.2, 0) is 9.84 Å². The first-order chi connectivity index (χ1) is 13.4. The summed E-state index contributed by atoms with van der Waals surface area (Å²) in [4.78, 5) is 0.332. The standard InChI is InChI=1S/C24H21NO2S/c1-18-8-17-24(21-11-15-23(16-12-21)28(2,26)27)25(18)22-13-9-20(10-14-22)19-6-4-3-5-7-19/h3-17H,1-2H3. The molecule has 0 spiro atoms. The van der Waals surface area contributed by atoms with E-state index in [4.69, 9.17) is 0 Å². The molecule has 0 saturated carbocycles. The molecule has 0 fully saturated rings. The van der Waals surface area contributed by atoms with Gasteiger partial charge in [0.1, 0.15) is 0 Å². The first-order valence-corrected chi connectivity index (χ1v) is 11.0. The Morgan fingerprint density at radius 2 is 1.21 bits per heavy atom. The van der Waals surface area contributed by atoms with Crippen molar-refractivity contribution in [2.24, 2.45) is 0 Å². The molecule has 0 atom stereocenters. The molecular weight excluding hydrogens is 366 g/mol. The molecule has 0 radical (unpaired) electrons. The minimum absolute atomic E-state index is 0.332. The van der Waals surface area contributed by atoms with Crippen molar-refractivity contribution in [1.29, 1.82) is 0 Å². The number of nitrogens with zero attached hydrogens (tertiary/aromatic N) is 1. The third kappa shape index (κ3) is 3.51. The summed E-state index contributed by atoms with van der Waals surface area (Å²) in [7, 11) is -3.20. The van der Waals surface area contributed by atoms with Crippen LogP contribution in [0.3, 0.4) is 0 Å². The summed E-state index contributed by atoms with van der Waals surface area (Å²) in [5, 5.41) is 0. The van der Waals surface area contributed by atoms with Gasteiger partial charge < -0.3 is 4.57 Å². The van der Waals surface area contributed by atoms with E-state index in [2.05, 4.69) is 60.0 Å². The molecule has 0 saturated heterocycles. The zero-order chi connectivity index (χ0) is 19.7. The molecule has 3 aromatic carbocycles. The summed E-state index contributed by atoms with van der Waals surface area (Å²) in [5.74, 6) is 0. The summed E-state index contributed by atoms with van der Waals surface area (Å²) in [6.07, 6.45) is 1.23. The maximum Gasteiger partial charge on any atom is 0.175 e. The molecule has 3 nitrogen and oxygen atoms in total. The van der Waals surface area contributed by atoms with Gasteiger partial charge in [0.2, 0.25) is 0 Å². The van der Waals surface area contributed by atoms with Gasteiger partial charge in [-0.2, -0.15) is 0 Å². The van der Waals surface area contributed by atoms with Gasteiger partial charge in [0, 0.05) is 17.6 Å². The second-order valence-electron chi connectivity index (χ2n) is 6.90. The Morgan fingerprint density at radius 3 is 1.82 bits per heavy atom. The SMILES string of the molecule is Cc1ccc(-c2ccc(S(C)(=O)=O)cc2)n1-c1ccc(-c2ccccc2)cc1. The first-order valence-electron chi connectivity index (χ1n) is 9.08. The molecule has 4 rings (SSSR count). The molecule has 0 unspecified atom stereocenters. The number of hydrogen-bond acceptors (Lipinski definition) is 2. The fraction of sp³-hybridized carbons (Fsp3) is 0.0833. The van der Waals surface area contributed by atoms with Crippen LogP contribution in [0.4, 0.5) is 0 Å². The highest BCUT2D eigenvalue weighted by Crippen LogP contribution is 2.29. The molecule has 1 heterocycles. The van der Waals surface area contributed by atoms with E-state index in [0.29, 0.717) is 4.90 Å². The zero-order valence-electron chi connectivity index (χ0n) is 15.8. The van der Waals surface area contributed by atoms with Gasteiger partial charge in [-0.3, -0.25) is 0 Å². The lowest BCUT2D eigenvalue weighted by atomic mass is 10.1. The molecule has 0 bridgehead atoms. The number of aromatic nitrogens is 1. The second-order valence-corrected chi connectivity index (χ2v) is 8.92. The first kappa shape index (κ1) is 18.3. The summed E-state index contributed by atoms with van der Waals surface area (Å²) < 4.78 is 25.6. The number of benzene rings is 3. The third-order valence-corrected chi connectivity index (χ3v) is 6.02. The summed E-state index contributed by atoms with van der Waals surface area (Å²) >= 11 is 0. The fourth-order valence-corrected chi connectivity index (χ4v) is 4.04. The predicted octanol–water partition coefficient (Wildman–Crippen LogP) is 5.52. The Hall–Kier alpha value is -3.11. The molecule has 140 valence electrons. The van der Waals surface area contributed by atoms with Gasteiger partial charge in [-0.05, 0) is 60.0 Å². The van der Waals surface area contributed by atoms with E-state index >= 15 is 0 Å². The van der Waals surface area contributed by atoms with Crippen LogP contribution in [0.2, 0.25) is 0 Å². The molecule has 1 aromatic heterocycles. The molecule has 0 aliphatic heterocycles. The molecule has 0 aliphatic rings. The maximum atomic E-state index is 11.7. The Morgan fingerprint density at radius 1 is 0.643 bits per heavy atom. The van der Waals surface area contributed by atoms with Crippen LogP contribution in [0, 0.1) is 6.92 Å². The van der Waals surface area contributed by atoms with Crippen LogP contribution in [0.25, 0.3) is 28.1 Å². The molecule has 4 aromatic rings. The van der Waals surface area contributed by atoms with Crippen molar-refractivity contribution in [3.63, 3.8) is 0 Å². The Balaban J connectivity index is 1.73. The van der Waals surface area contributed by atoms with E-state index in [0.717, 1.165) is 22.6 Å². The summed E-state index contributed by atoms with van der Waals surface area (Å²) in [5.41, 5.74) is 6.57. The molecule has 0 aliphatic carbocycles.